The summed E-state index contributed by atoms with van der Waals surface area (Å²) in [7, 11) is 0. The first-order valence-corrected chi connectivity index (χ1v) is 14.3. The number of hydrogen-bond acceptors (Lipinski definition) is 2. The molecule has 0 saturated heterocycles. The molecule has 0 amide bonds. The van der Waals surface area contributed by atoms with Crippen LogP contribution in [0.1, 0.15) is 21.8 Å². The van der Waals surface area contributed by atoms with Gasteiger partial charge in [-0.3, -0.25) is 0 Å². The number of carbonyl (C=O) groups is 1. The number of benzene rings is 4. The maximum atomic E-state index is 14.0. The van der Waals surface area contributed by atoms with Crippen molar-refractivity contribution in [2.45, 2.75) is 5.85 Å². The third kappa shape index (κ3) is 2.82. The molecule has 1 heterocycles. The van der Waals surface area contributed by atoms with Crippen molar-refractivity contribution in [2.24, 2.45) is 0 Å². The fourth-order valence-corrected chi connectivity index (χ4v) is 12.6. The van der Waals surface area contributed by atoms with Gasteiger partial charge in [0.2, 0.25) is 0 Å². The average molecular weight is 493 g/mol. The molecule has 31 heavy (non-hydrogen) atoms. The van der Waals surface area contributed by atoms with Crippen LogP contribution in [0, 0.1) is 5.82 Å². The topological polar surface area (TPSA) is 26.3 Å². The Bertz CT molecular complexity index is 1160. The molecule has 0 N–H and O–H groups in total. The summed E-state index contributed by atoms with van der Waals surface area (Å²) in [5.41, 5.74) is 0.971. The third-order valence-electron chi connectivity index (χ3n) is 5.94. The fraction of sp³-hybridized carbons (Fsp3) is 0.0385. The van der Waals surface area contributed by atoms with Crippen LogP contribution in [0.5, 0.6) is 0 Å². The molecule has 0 spiro atoms. The Balaban J connectivity index is 1.95. The molecule has 0 radical (unpaired) electrons. The molecular weight excluding hydrogens is 474 g/mol. The molecule has 0 bridgehead atoms. The van der Waals surface area contributed by atoms with Gasteiger partial charge in [-0.1, -0.05) is 0 Å². The SMILES string of the molecule is O=C1OC(P(Br)(c2ccccc2)(c2ccccc2)c2ccccc2)c2ccc(F)cc21. The standard InChI is InChI=1S/C26H19BrFO2P/c27-31(20-10-4-1-5-11-20,21-12-6-2-7-13-21,22-14-8-3-9-15-22)26-23-17-16-19(28)18-24(23)25(29)30-26/h1-18,26H. The van der Waals surface area contributed by atoms with E-state index in [4.69, 9.17) is 4.74 Å². The van der Waals surface area contributed by atoms with Gasteiger partial charge in [-0.25, -0.2) is 0 Å². The van der Waals surface area contributed by atoms with E-state index in [2.05, 4.69) is 51.9 Å². The summed E-state index contributed by atoms with van der Waals surface area (Å²) in [6.45, 7) is 0. The van der Waals surface area contributed by atoms with Crippen LogP contribution in [-0.4, -0.2) is 5.97 Å². The number of cyclic esters (lactones) is 1. The van der Waals surface area contributed by atoms with E-state index in [1.54, 1.807) is 6.07 Å². The first-order chi connectivity index (χ1) is 15.0. The quantitative estimate of drug-likeness (QED) is 0.264. The van der Waals surface area contributed by atoms with Gasteiger partial charge >= 0.3 is 189 Å². The number of rotatable bonds is 4. The molecular formula is C26H19BrFO2P. The fourth-order valence-electron chi connectivity index (χ4n) is 4.52. The zero-order valence-corrected chi connectivity index (χ0v) is 19.0. The molecule has 1 aliphatic rings. The van der Waals surface area contributed by atoms with Crippen LogP contribution in [-0.2, 0) is 4.74 Å². The Hall–Kier alpha value is -2.81. The van der Waals surface area contributed by atoms with Crippen molar-refractivity contribution in [1.29, 1.82) is 0 Å². The van der Waals surface area contributed by atoms with Crippen LogP contribution < -0.4 is 15.9 Å². The zero-order valence-electron chi connectivity index (χ0n) is 16.5. The van der Waals surface area contributed by atoms with Gasteiger partial charge < -0.3 is 0 Å². The summed E-state index contributed by atoms with van der Waals surface area (Å²) in [6, 6.07) is 34.6. The summed E-state index contributed by atoms with van der Waals surface area (Å²) >= 11 is 4.32. The minimum absolute atomic E-state index is 0.279. The molecule has 2 nitrogen and oxygen atoms in total. The van der Waals surface area contributed by atoms with E-state index in [0.717, 1.165) is 15.9 Å². The molecule has 4 aromatic rings. The van der Waals surface area contributed by atoms with E-state index in [1.807, 2.05) is 54.6 Å². The first kappa shape index (κ1) is 20.1. The van der Waals surface area contributed by atoms with Gasteiger partial charge in [-0.2, -0.15) is 0 Å². The molecule has 4 aromatic carbocycles. The van der Waals surface area contributed by atoms with Crippen molar-refractivity contribution >= 4 is 42.7 Å². The van der Waals surface area contributed by atoms with Gasteiger partial charge in [-0.15, -0.1) is 0 Å². The summed E-state index contributed by atoms with van der Waals surface area (Å²) in [6.07, 6.45) is 0. The van der Waals surface area contributed by atoms with Gasteiger partial charge in [0, 0.05) is 0 Å². The van der Waals surface area contributed by atoms with Gasteiger partial charge in [0.05, 0.1) is 0 Å². The Morgan fingerprint density at radius 1 is 0.710 bits per heavy atom. The van der Waals surface area contributed by atoms with Crippen LogP contribution in [0.25, 0.3) is 0 Å². The van der Waals surface area contributed by atoms with Crippen LogP contribution in [0.3, 0.4) is 0 Å². The Labute approximate surface area is 188 Å². The van der Waals surface area contributed by atoms with Crippen molar-refractivity contribution in [1.82, 2.24) is 0 Å². The summed E-state index contributed by atoms with van der Waals surface area (Å²) in [5.74, 6) is -1.59. The summed E-state index contributed by atoms with van der Waals surface area (Å²) < 4.78 is 20.1. The number of esters is 1. The maximum absolute atomic E-state index is 14.0. The number of ether oxygens (including phenoxy) is 1. The van der Waals surface area contributed by atoms with Crippen molar-refractivity contribution in [2.75, 3.05) is 0 Å². The number of halogens is 2. The van der Waals surface area contributed by atoms with Crippen molar-refractivity contribution in [3.63, 3.8) is 0 Å². The molecule has 1 aliphatic heterocycles. The van der Waals surface area contributed by atoms with E-state index >= 15 is 0 Å². The number of carbonyl (C=O) groups excluding carboxylic acids is 1. The minimum atomic E-state index is -3.58. The van der Waals surface area contributed by atoms with Crippen LogP contribution in [0.15, 0.2) is 109 Å². The predicted octanol–water partition coefficient (Wildman–Crippen LogP) is 5.83. The Morgan fingerprint density at radius 2 is 1.16 bits per heavy atom. The van der Waals surface area contributed by atoms with Gasteiger partial charge in [0.15, 0.2) is 0 Å². The van der Waals surface area contributed by atoms with Gasteiger partial charge in [0.25, 0.3) is 0 Å². The molecule has 0 aromatic heterocycles. The van der Waals surface area contributed by atoms with E-state index in [1.165, 1.54) is 12.1 Å². The number of hydrogen-bond donors (Lipinski definition) is 0. The molecule has 1 atom stereocenters. The average Bonchev–Trinajstić information content (AvgIpc) is 3.17. The van der Waals surface area contributed by atoms with E-state index in [-0.39, 0.29) is 5.56 Å². The van der Waals surface area contributed by atoms with Crippen LogP contribution in [0.4, 0.5) is 4.39 Å². The van der Waals surface area contributed by atoms with Crippen molar-refractivity contribution in [3.8, 4) is 0 Å². The van der Waals surface area contributed by atoms with E-state index < -0.39 is 22.9 Å². The molecule has 5 heteroatoms. The molecule has 0 aliphatic carbocycles. The molecule has 0 saturated carbocycles. The monoisotopic (exact) mass is 492 g/mol. The van der Waals surface area contributed by atoms with E-state index in [0.29, 0.717) is 5.56 Å². The number of fused-ring (bicyclic) bond motifs is 1. The normalized spacial score (nSPS) is 16.8. The van der Waals surface area contributed by atoms with Crippen LogP contribution >= 0.6 is 20.8 Å². The molecule has 154 valence electrons. The van der Waals surface area contributed by atoms with Crippen molar-refractivity contribution < 1.29 is 13.9 Å². The molecule has 5 rings (SSSR count). The third-order valence-corrected chi connectivity index (χ3v) is 15.9. The molecule has 0 fully saturated rings. The summed E-state index contributed by atoms with van der Waals surface area (Å²) in [4.78, 5) is 12.9. The Morgan fingerprint density at radius 3 is 1.61 bits per heavy atom. The van der Waals surface area contributed by atoms with Crippen molar-refractivity contribution in [3.05, 3.63) is 126 Å². The molecule has 1 unspecified atom stereocenters. The first-order valence-electron chi connectivity index (χ1n) is 9.94. The zero-order chi connectivity index (χ0) is 21.5. The van der Waals surface area contributed by atoms with Gasteiger partial charge in [-0.05, 0) is 0 Å². The predicted molar refractivity (Wildman–Crippen MR) is 129 cm³/mol. The van der Waals surface area contributed by atoms with Gasteiger partial charge in [0.1, 0.15) is 0 Å². The van der Waals surface area contributed by atoms with Crippen LogP contribution in [0.2, 0.25) is 0 Å². The second-order valence-corrected chi connectivity index (χ2v) is 16.2. The second-order valence-electron chi connectivity index (χ2n) is 7.57. The van der Waals surface area contributed by atoms with E-state index in [9.17, 15) is 9.18 Å². The second kappa shape index (κ2) is 7.40. The summed E-state index contributed by atoms with van der Waals surface area (Å²) in [5, 5.41) is -0.494. The Kier molecular flexibility index (Phi) is 4.80.